The van der Waals surface area contributed by atoms with Crippen LogP contribution in [0.3, 0.4) is 0 Å². The molecular weight excluding hydrogens is 200 g/mol. The van der Waals surface area contributed by atoms with Gasteiger partial charge >= 0.3 is 0 Å². The molecule has 0 aliphatic rings. The fourth-order valence-electron chi connectivity index (χ4n) is 1.02. The molecule has 0 saturated heterocycles. The maximum atomic E-state index is 8.71. The molecule has 7 heteroatoms. The standard InChI is InChI=1S/C8H12N3.NO3/c1-3-8(6-9)11-5-4-10(2)7-11;2-1(3)4/h4-5,7-8H,3H2,1-2H3;/q+1;-1. The van der Waals surface area contributed by atoms with Crippen LogP contribution in [0, 0.1) is 26.7 Å². The van der Waals surface area contributed by atoms with Crippen molar-refractivity contribution in [2.45, 2.75) is 19.4 Å². The van der Waals surface area contributed by atoms with E-state index in [0.29, 0.717) is 0 Å². The second-order valence-electron chi connectivity index (χ2n) is 2.80. The third kappa shape index (κ3) is 5.25. The fraction of sp³-hybridized carbons (Fsp3) is 0.500. The Labute approximate surface area is 86.9 Å². The molecule has 0 spiro atoms. The van der Waals surface area contributed by atoms with Crippen LogP contribution in [-0.4, -0.2) is 9.65 Å². The summed E-state index contributed by atoms with van der Waals surface area (Å²) >= 11 is 0. The molecule has 1 heterocycles. The van der Waals surface area contributed by atoms with Gasteiger partial charge in [-0.25, -0.2) is 9.13 Å². The van der Waals surface area contributed by atoms with Crippen LogP contribution in [0.5, 0.6) is 0 Å². The highest BCUT2D eigenvalue weighted by Gasteiger charge is 2.11. The van der Waals surface area contributed by atoms with Crippen molar-refractivity contribution < 1.29 is 9.65 Å². The van der Waals surface area contributed by atoms with Crippen molar-refractivity contribution in [3.05, 3.63) is 34.0 Å². The number of hydrogen-bond acceptors (Lipinski definition) is 4. The first-order chi connectivity index (χ1) is 7.01. The molecule has 1 unspecified atom stereocenters. The Kier molecular flexibility index (Phi) is 5.48. The molecule has 1 aromatic heterocycles. The molecule has 1 rings (SSSR count). The first-order valence-corrected chi connectivity index (χ1v) is 4.25. The molecular formula is C8H12N4O3. The second kappa shape index (κ2) is 6.37. The number of nitrogens with zero attached hydrogens (tertiary/aromatic N) is 4. The Hall–Kier alpha value is -2.10. The quantitative estimate of drug-likeness (QED) is 0.406. The third-order valence-corrected chi connectivity index (χ3v) is 1.69. The highest BCUT2D eigenvalue weighted by atomic mass is 16.9. The van der Waals surface area contributed by atoms with E-state index in [1.165, 1.54) is 0 Å². The van der Waals surface area contributed by atoms with Crippen LogP contribution in [0.25, 0.3) is 0 Å². The van der Waals surface area contributed by atoms with Gasteiger partial charge < -0.3 is 15.3 Å². The van der Waals surface area contributed by atoms with Gasteiger partial charge in [0.05, 0.1) is 12.1 Å². The number of aromatic nitrogens is 2. The van der Waals surface area contributed by atoms with E-state index in [0.717, 1.165) is 6.42 Å². The molecule has 15 heavy (non-hydrogen) atoms. The number of rotatable bonds is 2. The van der Waals surface area contributed by atoms with Gasteiger partial charge in [-0.2, -0.15) is 5.26 Å². The van der Waals surface area contributed by atoms with Gasteiger partial charge in [0.25, 0.3) is 0 Å². The Balaban J connectivity index is 0.000000423. The molecule has 0 radical (unpaired) electrons. The summed E-state index contributed by atoms with van der Waals surface area (Å²) in [7, 11) is 1.95. The molecule has 7 nitrogen and oxygen atoms in total. The summed E-state index contributed by atoms with van der Waals surface area (Å²) in [5, 5.41) is 23.5. The Bertz CT molecular complexity index is 351. The maximum Gasteiger partial charge on any atom is 0.244 e. The fourth-order valence-corrected chi connectivity index (χ4v) is 1.02. The molecule has 0 N–H and O–H groups in total. The van der Waals surface area contributed by atoms with Crippen molar-refractivity contribution in [3.8, 4) is 6.07 Å². The summed E-state index contributed by atoms with van der Waals surface area (Å²) in [6.07, 6.45) is 6.61. The first kappa shape index (κ1) is 12.9. The molecule has 0 aliphatic heterocycles. The second-order valence-corrected chi connectivity index (χ2v) is 2.80. The Morgan fingerprint density at radius 3 is 2.47 bits per heavy atom. The molecule has 0 bridgehead atoms. The number of imidazole rings is 1. The van der Waals surface area contributed by atoms with E-state index in [9.17, 15) is 0 Å². The summed E-state index contributed by atoms with van der Waals surface area (Å²) < 4.78 is 3.85. The van der Waals surface area contributed by atoms with Crippen LogP contribution in [0.15, 0.2) is 18.7 Å². The van der Waals surface area contributed by atoms with Crippen molar-refractivity contribution in [2.75, 3.05) is 0 Å². The molecule has 1 atom stereocenters. The lowest BCUT2D eigenvalue weighted by Crippen LogP contribution is -2.24. The maximum absolute atomic E-state index is 8.71. The van der Waals surface area contributed by atoms with E-state index in [2.05, 4.69) is 6.07 Å². The van der Waals surface area contributed by atoms with Crippen molar-refractivity contribution in [3.63, 3.8) is 0 Å². The van der Waals surface area contributed by atoms with Crippen molar-refractivity contribution in [2.24, 2.45) is 7.05 Å². The van der Waals surface area contributed by atoms with Crippen LogP contribution in [0.2, 0.25) is 0 Å². The molecule has 0 fully saturated rings. The molecule has 1 aromatic rings. The van der Waals surface area contributed by atoms with Gasteiger partial charge in [0.1, 0.15) is 18.5 Å². The molecule has 0 aliphatic carbocycles. The summed E-state index contributed by atoms with van der Waals surface area (Å²) in [4.78, 5) is 8.25. The van der Waals surface area contributed by atoms with Crippen molar-refractivity contribution in [1.82, 2.24) is 4.57 Å². The lowest BCUT2D eigenvalue weighted by Gasteiger charge is -1.98. The van der Waals surface area contributed by atoms with Crippen LogP contribution >= 0.6 is 0 Å². The van der Waals surface area contributed by atoms with Gasteiger partial charge in [0.2, 0.25) is 6.33 Å². The largest absolute Gasteiger partial charge is 0.356 e. The van der Waals surface area contributed by atoms with E-state index in [-0.39, 0.29) is 6.04 Å². The van der Waals surface area contributed by atoms with Gasteiger partial charge in [0.15, 0.2) is 6.04 Å². The number of hydrogen-bond donors (Lipinski definition) is 0. The van der Waals surface area contributed by atoms with E-state index >= 15 is 0 Å². The van der Waals surface area contributed by atoms with E-state index in [4.69, 9.17) is 20.6 Å². The SMILES string of the molecule is CCC(C#N)n1cc[n+](C)c1.O=[N+]([O-])[O-]. The summed E-state index contributed by atoms with van der Waals surface area (Å²) in [6, 6.07) is 2.21. The van der Waals surface area contributed by atoms with Crippen molar-refractivity contribution in [1.29, 1.82) is 5.26 Å². The van der Waals surface area contributed by atoms with Gasteiger partial charge in [-0.05, 0) is 6.42 Å². The van der Waals surface area contributed by atoms with E-state index < -0.39 is 5.09 Å². The number of aryl methyl sites for hydroxylation is 1. The zero-order chi connectivity index (χ0) is 11.8. The summed E-state index contributed by atoms with van der Waals surface area (Å²) in [5.74, 6) is 0. The smallest absolute Gasteiger partial charge is 0.244 e. The molecule has 0 saturated carbocycles. The monoisotopic (exact) mass is 212 g/mol. The van der Waals surface area contributed by atoms with E-state index in [1.807, 2.05) is 41.8 Å². The lowest BCUT2D eigenvalue weighted by molar-refractivity contribution is -0.671. The minimum Gasteiger partial charge on any atom is -0.356 e. The van der Waals surface area contributed by atoms with E-state index in [1.54, 1.807) is 0 Å². The molecule has 0 amide bonds. The van der Waals surface area contributed by atoms with Crippen LogP contribution in [0.1, 0.15) is 19.4 Å². The average molecular weight is 212 g/mol. The van der Waals surface area contributed by atoms with Gasteiger partial charge in [-0.1, -0.05) is 6.92 Å². The molecule has 82 valence electrons. The predicted molar refractivity (Wildman–Crippen MR) is 50.9 cm³/mol. The van der Waals surface area contributed by atoms with Gasteiger partial charge in [-0.3, -0.25) is 0 Å². The van der Waals surface area contributed by atoms with Crippen LogP contribution in [-0.2, 0) is 7.05 Å². The summed E-state index contributed by atoms with van der Waals surface area (Å²) in [6.45, 7) is 2.01. The zero-order valence-corrected chi connectivity index (χ0v) is 8.53. The van der Waals surface area contributed by atoms with Crippen LogP contribution in [0.4, 0.5) is 0 Å². The highest BCUT2D eigenvalue weighted by molar-refractivity contribution is 4.89. The molecule has 0 aromatic carbocycles. The zero-order valence-electron chi connectivity index (χ0n) is 8.53. The minimum atomic E-state index is -1.75. The average Bonchev–Trinajstić information content (AvgIpc) is 2.53. The highest BCUT2D eigenvalue weighted by Crippen LogP contribution is 2.06. The third-order valence-electron chi connectivity index (χ3n) is 1.69. The van der Waals surface area contributed by atoms with Crippen molar-refractivity contribution >= 4 is 0 Å². The minimum absolute atomic E-state index is 0.0174. The topological polar surface area (TPSA) is 98.8 Å². The Morgan fingerprint density at radius 1 is 1.67 bits per heavy atom. The lowest BCUT2D eigenvalue weighted by atomic mass is 10.2. The predicted octanol–water partition coefficient (Wildman–Crippen LogP) is 0.548. The van der Waals surface area contributed by atoms with Gasteiger partial charge in [0, 0.05) is 0 Å². The Morgan fingerprint density at radius 2 is 2.20 bits per heavy atom. The summed E-state index contributed by atoms with van der Waals surface area (Å²) in [5.41, 5.74) is 0. The van der Waals surface area contributed by atoms with Gasteiger partial charge in [-0.15, -0.1) is 0 Å². The van der Waals surface area contributed by atoms with Crippen LogP contribution < -0.4 is 4.57 Å². The normalized spacial score (nSPS) is 10.7. The number of nitriles is 1. The first-order valence-electron chi connectivity index (χ1n) is 4.25.